The molecule has 2 heterocycles. The van der Waals surface area contributed by atoms with Crippen LogP contribution >= 0.6 is 0 Å². The van der Waals surface area contributed by atoms with Gasteiger partial charge in [-0.1, -0.05) is 97.1 Å². The van der Waals surface area contributed by atoms with Crippen LogP contribution in [0, 0.1) is 22.7 Å². The molecule has 0 fully saturated rings. The Morgan fingerprint density at radius 3 is 1.55 bits per heavy atom. The lowest BCUT2D eigenvalue weighted by molar-refractivity contribution is 0.495. The second-order valence-corrected chi connectivity index (χ2v) is 11.9. The summed E-state index contributed by atoms with van der Waals surface area (Å²) in [5.74, 6) is 1.50. The van der Waals surface area contributed by atoms with E-state index in [9.17, 15) is 10.5 Å². The van der Waals surface area contributed by atoms with Crippen molar-refractivity contribution in [3.8, 4) is 46.1 Å². The number of hydrogen-bond acceptors (Lipinski definition) is 3. The Bertz CT molecular complexity index is 2810. The van der Waals surface area contributed by atoms with E-state index in [0.717, 1.165) is 77.6 Å². The summed E-state index contributed by atoms with van der Waals surface area (Å²) >= 11 is 0. The topological polar surface area (TPSA) is 66.7 Å². The van der Waals surface area contributed by atoms with Crippen molar-refractivity contribution in [2.24, 2.45) is 0 Å². The third kappa shape index (κ3) is 4.38. The highest BCUT2D eigenvalue weighted by Crippen LogP contribution is 2.44. The first-order valence-corrected chi connectivity index (χ1v) is 16.1. The summed E-state index contributed by atoms with van der Waals surface area (Å²) in [7, 11) is 0. The Kier molecular flexibility index (Phi) is 6.50. The Morgan fingerprint density at radius 1 is 0.449 bits per heavy atom. The third-order valence-corrected chi connectivity index (χ3v) is 9.26. The Hall–Kier alpha value is -7.08. The van der Waals surface area contributed by atoms with Crippen molar-refractivity contribution in [2.45, 2.75) is 0 Å². The Labute approximate surface area is 282 Å². The molecule has 9 rings (SSSR count). The van der Waals surface area contributed by atoms with Gasteiger partial charge in [-0.05, 0) is 66.2 Å². The number of ether oxygens (including phenoxy) is 1. The summed E-state index contributed by atoms with van der Waals surface area (Å²) in [6.45, 7) is 0. The molecule has 0 radical (unpaired) electrons. The summed E-state index contributed by atoms with van der Waals surface area (Å²) in [6, 6.07) is 57.6. The van der Waals surface area contributed by atoms with Gasteiger partial charge in [0.15, 0.2) is 0 Å². The molecule has 0 atom stereocenters. The smallest absolute Gasteiger partial charge is 0.137 e. The van der Waals surface area contributed by atoms with Crippen molar-refractivity contribution >= 4 is 43.6 Å². The van der Waals surface area contributed by atoms with E-state index in [1.54, 1.807) is 0 Å². The number of nitrogens with zero attached hydrogens (tertiary/aromatic N) is 4. The van der Waals surface area contributed by atoms with E-state index in [1.165, 1.54) is 0 Å². The maximum atomic E-state index is 10.1. The molecule has 0 aliphatic carbocycles. The molecule has 0 aliphatic heterocycles. The molecule has 5 nitrogen and oxygen atoms in total. The predicted octanol–water partition coefficient (Wildman–Crippen LogP) is 11.1. The van der Waals surface area contributed by atoms with Gasteiger partial charge in [0.2, 0.25) is 0 Å². The molecule has 228 valence electrons. The molecule has 0 saturated heterocycles. The Balaban J connectivity index is 1.31. The van der Waals surface area contributed by atoms with Gasteiger partial charge in [0.1, 0.15) is 23.6 Å². The van der Waals surface area contributed by atoms with Crippen LogP contribution in [0.3, 0.4) is 0 Å². The van der Waals surface area contributed by atoms with Gasteiger partial charge in [0.05, 0.1) is 49.7 Å². The van der Waals surface area contributed by atoms with Crippen LogP contribution in [0.15, 0.2) is 158 Å². The van der Waals surface area contributed by atoms with Gasteiger partial charge in [0.25, 0.3) is 0 Å². The average Bonchev–Trinajstić information content (AvgIpc) is 3.69. The van der Waals surface area contributed by atoms with Crippen LogP contribution in [-0.2, 0) is 0 Å². The number of aromatic nitrogens is 2. The fraction of sp³-hybridized carbons (Fsp3) is 0. The number of nitriles is 2. The Morgan fingerprint density at radius 2 is 0.939 bits per heavy atom. The van der Waals surface area contributed by atoms with E-state index in [-0.39, 0.29) is 0 Å². The fourth-order valence-corrected chi connectivity index (χ4v) is 7.18. The van der Waals surface area contributed by atoms with Gasteiger partial charge in [-0.25, -0.2) is 0 Å². The highest BCUT2D eigenvalue weighted by Gasteiger charge is 2.22. The minimum atomic E-state index is 0.331. The molecule has 49 heavy (non-hydrogen) atoms. The van der Waals surface area contributed by atoms with E-state index in [4.69, 9.17) is 4.74 Å². The van der Waals surface area contributed by atoms with E-state index in [1.807, 2.05) is 84.9 Å². The standard InChI is InChI=1S/C44H26N4O/c45-27-30-25-35(29-13-3-1-4-14-29)40(26-31(30)28-46)48-37-20-10-8-18-34(37)44-39(48)22-12-24-42(44)49-41-23-11-21-38-43(41)33-17-7-9-19-36(33)47(38)32-15-5-2-6-16-32/h1-26H. The molecule has 5 heteroatoms. The highest BCUT2D eigenvalue weighted by atomic mass is 16.5. The van der Waals surface area contributed by atoms with Crippen LogP contribution in [-0.4, -0.2) is 9.13 Å². The van der Waals surface area contributed by atoms with Crippen molar-refractivity contribution in [1.82, 2.24) is 9.13 Å². The molecule has 0 unspecified atom stereocenters. The van der Waals surface area contributed by atoms with Crippen LogP contribution in [0.5, 0.6) is 11.5 Å². The van der Waals surface area contributed by atoms with Gasteiger partial charge < -0.3 is 13.9 Å². The van der Waals surface area contributed by atoms with Crippen LogP contribution in [0.4, 0.5) is 0 Å². The lowest BCUT2D eigenvalue weighted by atomic mass is 9.97. The highest BCUT2D eigenvalue weighted by molar-refractivity contribution is 6.14. The van der Waals surface area contributed by atoms with Crippen LogP contribution in [0.25, 0.3) is 66.1 Å². The molecule has 7 aromatic carbocycles. The molecule has 0 N–H and O–H groups in total. The molecule has 2 aromatic heterocycles. The zero-order chi connectivity index (χ0) is 32.9. The first-order chi connectivity index (χ1) is 24.2. The van der Waals surface area contributed by atoms with E-state index in [2.05, 4.69) is 94.1 Å². The van der Waals surface area contributed by atoms with Gasteiger partial charge in [-0.3, -0.25) is 0 Å². The average molecular weight is 627 g/mol. The van der Waals surface area contributed by atoms with Gasteiger partial charge in [-0.2, -0.15) is 10.5 Å². The molecule has 0 aliphatic rings. The van der Waals surface area contributed by atoms with Gasteiger partial charge >= 0.3 is 0 Å². The largest absolute Gasteiger partial charge is 0.456 e. The summed E-state index contributed by atoms with van der Waals surface area (Å²) < 4.78 is 11.5. The SMILES string of the molecule is N#Cc1cc(-c2ccccc2)c(-n2c3ccccc3c3c(Oc4cccc5c4c4ccccc4n5-c4ccccc4)cccc32)cc1C#N. The minimum Gasteiger partial charge on any atom is -0.456 e. The normalized spacial score (nSPS) is 11.2. The zero-order valence-corrected chi connectivity index (χ0v) is 26.2. The molecule has 0 bridgehead atoms. The van der Waals surface area contributed by atoms with Gasteiger partial charge in [0, 0.05) is 22.0 Å². The van der Waals surface area contributed by atoms with Crippen molar-refractivity contribution in [3.63, 3.8) is 0 Å². The molecule has 0 saturated carbocycles. The number of fused-ring (bicyclic) bond motifs is 6. The van der Waals surface area contributed by atoms with E-state index < -0.39 is 0 Å². The van der Waals surface area contributed by atoms with Crippen LogP contribution in [0.1, 0.15) is 11.1 Å². The lowest BCUT2D eigenvalue weighted by Crippen LogP contribution is -2.00. The quantitative estimate of drug-likeness (QED) is 0.191. The number of para-hydroxylation sites is 3. The van der Waals surface area contributed by atoms with Crippen LogP contribution in [0.2, 0.25) is 0 Å². The van der Waals surface area contributed by atoms with Crippen molar-refractivity contribution in [1.29, 1.82) is 10.5 Å². The van der Waals surface area contributed by atoms with Crippen LogP contribution < -0.4 is 4.74 Å². The molecular formula is C44H26N4O. The number of hydrogen-bond donors (Lipinski definition) is 0. The van der Waals surface area contributed by atoms with Crippen molar-refractivity contribution < 1.29 is 4.74 Å². The summed E-state index contributed by atoms with van der Waals surface area (Å²) in [4.78, 5) is 0. The fourth-order valence-electron chi connectivity index (χ4n) is 7.18. The molecule has 9 aromatic rings. The maximum absolute atomic E-state index is 10.1. The summed E-state index contributed by atoms with van der Waals surface area (Å²) in [5.41, 5.74) is 8.48. The van der Waals surface area contributed by atoms with E-state index in [0.29, 0.717) is 11.1 Å². The minimum absolute atomic E-state index is 0.331. The van der Waals surface area contributed by atoms with Crippen molar-refractivity contribution in [2.75, 3.05) is 0 Å². The second kappa shape index (κ2) is 11.3. The first kappa shape index (κ1) is 28.2. The summed E-state index contributed by atoms with van der Waals surface area (Å²) in [6.07, 6.45) is 0. The predicted molar refractivity (Wildman–Crippen MR) is 197 cm³/mol. The zero-order valence-electron chi connectivity index (χ0n) is 26.2. The molecule has 0 spiro atoms. The first-order valence-electron chi connectivity index (χ1n) is 16.1. The van der Waals surface area contributed by atoms with Gasteiger partial charge in [-0.15, -0.1) is 0 Å². The molecular weight excluding hydrogens is 601 g/mol. The maximum Gasteiger partial charge on any atom is 0.137 e. The third-order valence-electron chi connectivity index (χ3n) is 9.26. The lowest BCUT2D eigenvalue weighted by Gasteiger charge is -2.16. The van der Waals surface area contributed by atoms with E-state index >= 15 is 0 Å². The van der Waals surface area contributed by atoms with Crippen molar-refractivity contribution in [3.05, 3.63) is 169 Å². The number of rotatable bonds is 5. The monoisotopic (exact) mass is 626 g/mol. The second-order valence-electron chi connectivity index (χ2n) is 11.9. The number of benzene rings is 7. The summed E-state index contributed by atoms with van der Waals surface area (Å²) in [5, 5.41) is 24.2. The molecule has 0 amide bonds.